The molecule has 3 aromatic rings. The average molecular weight is 443 g/mol. The highest BCUT2D eigenvalue weighted by Crippen LogP contribution is 2.24. The monoisotopic (exact) mass is 442 g/mol. The molecule has 7 heteroatoms. The van der Waals surface area contributed by atoms with E-state index in [2.05, 4.69) is 10.6 Å². The van der Waals surface area contributed by atoms with Crippen molar-refractivity contribution in [2.24, 2.45) is 0 Å². The molecule has 0 heterocycles. The molecule has 0 radical (unpaired) electrons. The molecule has 0 aromatic heterocycles. The topological polar surface area (TPSA) is 67.4 Å². The van der Waals surface area contributed by atoms with Crippen LogP contribution in [0.1, 0.15) is 22.8 Å². The van der Waals surface area contributed by atoms with Crippen molar-refractivity contribution in [3.8, 4) is 5.75 Å². The molecule has 0 aliphatic heterocycles. The van der Waals surface area contributed by atoms with Crippen LogP contribution in [0, 0.1) is 6.92 Å². The van der Waals surface area contributed by atoms with Gasteiger partial charge in [0.1, 0.15) is 5.75 Å². The minimum absolute atomic E-state index is 0.263. The van der Waals surface area contributed by atoms with E-state index in [1.807, 2.05) is 6.92 Å². The molecule has 2 amide bonds. The predicted octanol–water partition coefficient (Wildman–Crippen LogP) is 5.96. The Labute approximate surface area is 185 Å². The number of halogens is 2. The lowest BCUT2D eigenvalue weighted by Gasteiger charge is -2.15. The first-order valence-corrected chi connectivity index (χ1v) is 9.98. The summed E-state index contributed by atoms with van der Waals surface area (Å²) in [5.74, 6) is -0.0831. The summed E-state index contributed by atoms with van der Waals surface area (Å²) in [4.78, 5) is 24.8. The first-order chi connectivity index (χ1) is 14.3. The molecule has 1 unspecified atom stereocenters. The number of ether oxygens (including phenoxy) is 1. The largest absolute Gasteiger partial charge is 0.481 e. The Balaban J connectivity index is 1.59. The maximum Gasteiger partial charge on any atom is 0.265 e. The summed E-state index contributed by atoms with van der Waals surface area (Å²) in [6.45, 7) is 3.49. The summed E-state index contributed by atoms with van der Waals surface area (Å²) in [5.41, 5.74) is 2.54. The van der Waals surface area contributed by atoms with Gasteiger partial charge >= 0.3 is 0 Å². The molecular weight excluding hydrogens is 423 g/mol. The van der Waals surface area contributed by atoms with Crippen LogP contribution in [0.3, 0.4) is 0 Å². The van der Waals surface area contributed by atoms with Crippen LogP contribution in [0.2, 0.25) is 10.0 Å². The third kappa shape index (κ3) is 5.53. The smallest absolute Gasteiger partial charge is 0.265 e. The Hall–Kier alpha value is -3.02. The molecular formula is C23H20Cl2N2O3. The number of hydrogen-bond donors (Lipinski definition) is 2. The fourth-order valence-corrected chi connectivity index (χ4v) is 2.96. The number of nitrogens with one attached hydrogen (secondary N) is 2. The second kappa shape index (κ2) is 9.65. The zero-order valence-electron chi connectivity index (χ0n) is 16.4. The van der Waals surface area contributed by atoms with Crippen LogP contribution < -0.4 is 15.4 Å². The van der Waals surface area contributed by atoms with Crippen molar-refractivity contribution < 1.29 is 14.3 Å². The van der Waals surface area contributed by atoms with Gasteiger partial charge in [0.25, 0.3) is 11.8 Å². The van der Waals surface area contributed by atoms with Crippen LogP contribution in [-0.2, 0) is 4.79 Å². The van der Waals surface area contributed by atoms with Crippen LogP contribution in [0.5, 0.6) is 5.75 Å². The van der Waals surface area contributed by atoms with E-state index in [-0.39, 0.29) is 11.8 Å². The fraction of sp³-hybridized carbons (Fsp3) is 0.130. The van der Waals surface area contributed by atoms with E-state index in [0.717, 1.165) is 5.56 Å². The van der Waals surface area contributed by atoms with Crippen LogP contribution in [0.4, 0.5) is 11.4 Å². The minimum Gasteiger partial charge on any atom is -0.481 e. The average Bonchev–Trinajstić information content (AvgIpc) is 2.73. The van der Waals surface area contributed by atoms with Gasteiger partial charge in [-0.2, -0.15) is 0 Å². The third-order valence-electron chi connectivity index (χ3n) is 4.43. The second-order valence-corrected chi connectivity index (χ2v) is 7.49. The van der Waals surface area contributed by atoms with Crippen LogP contribution in [-0.4, -0.2) is 17.9 Å². The van der Waals surface area contributed by atoms with Crippen molar-refractivity contribution in [3.05, 3.63) is 87.9 Å². The van der Waals surface area contributed by atoms with Crippen molar-refractivity contribution in [1.29, 1.82) is 0 Å². The van der Waals surface area contributed by atoms with E-state index in [9.17, 15) is 9.59 Å². The van der Waals surface area contributed by atoms with Gasteiger partial charge in [0.2, 0.25) is 0 Å². The molecule has 154 valence electrons. The van der Waals surface area contributed by atoms with E-state index >= 15 is 0 Å². The van der Waals surface area contributed by atoms with Gasteiger partial charge in [-0.25, -0.2) is 0 Å². The molecule has 0 aliphatic carbocycles. The third-order valence-corrected chi connectivity index (χ3v) is 5.09. The standard InChI is InChI=1S/C23H20Cl2N2O3/c1-14-20(25)4-3-5-21(14)27-23(29)16-6-12-19(13-7-16)30-15(2)22(28)26-18-10-8-17(24)9-11-18/h3-13,15H,1-2H3,(H,26,28)(H,27,29). The van der Waals surface area contributed by atoms with Crippen LogP contribution in [0.15, 0.2) is 66.7 Å². The maximum absolute atomic E-state index is 12.5. The Morgan fingerprint density at radius 1 is 0.900 bits per heavy atom. The summed E-state index contributed by atoms with van der Waals surface area (Å²) in [5, 5.41) is 6.77. The summed E-state index contributed by atoms with van der Waals surface area (Å²) < 4.78 is 5.67. The van der Waals surface area contributed by atoms with Crippen molar-refractivity contribution >= 4 is 46.4 Å². The van der Waals surface area contributed by atoms with Gasteiger partial charge < -0.3 is 15.4 Å². The van der Waals surface area contributed by atoms with Crippen molar-refractivity contribution in [2.75, 3.05) is 10.6 Å². The molecule has 2 N–H and O–H groups in total. The number of rotatable bonds is 6. The summed E-state index contributed by atoms with van der Waals surface area (Å²) in [6, 6.07) is 18.7. The van der Waals surface area contributed by atoms with E-state index in [1.165, 1.54) is 0 Å². The number of carbonyl (C=O) groups excluding carboxylic acids is 2. The molecule has 0 spiro atoms. The molecule has 3 aromatic carbocycles. The second-order valence-electron chi connectivity index (χ2n) is 6.65. The van der Waals surface area contributed by atoms with Crippen molar-refractivity contribution in [2.45, 2.75) is 20.0 Å². The molecule has 5 nitrogen and oxygen atoms in total. The lowest BCUT2D eigenvalue weighted by Crippen LogP contribution is -2.30. The number of hydrogen-bond acceptors (Lipinski definition) is 3. The highest BCUT2D eigenvalue weighted by molar-refractivity contribution is 6.32. The number of amides is 2. The summed E-state index contributed by atoms with van der Waals surface area (Å²) in [6.07, 6.45) is -0.727. The quantitative estimate of drug-likeness (QED) is 0.494. The number of anilines is 2. The Morgan fingerprint density at radius 3 is 2.23 bits per heavy atom. The maximum atomic E-state index is 12.5. The Bertz CT molecular complexity index is 1050. The van der Waals surface area contributed by atoms with Gasteiger partial charge in [-0.05, 0) is 80.1 Å². The molecule has 0 aliphatic rings. The lowest BCUT2D eigenvalue weighted by atomic mass is 10.1. The SMILES string of the molecule is Cc1c(Cl)cccc1NC(=O)c1ccc(OC(C)C(=O)Nc2ccc(Cl)cc2)cc1. The normalized spacial score (nSPS) is 11.5. The highest BCUT2D eigenvalue weighted by Gasteiger charge is 2.15. The van der Waals surface area contributed by atoms with Gasteiger partial charge in [-0.1, -0.05) is 29.3 Å². The van der Waals surface area contributed by atoms with Gasteiger partial charge in [0.05, 0.1) is 0 Å². The molecule has 0 bridgehead atoms. The van der Waals surface area contributed by atoms with Crippen molar-refractivity contribution in [3.63, 3.8) is 0 Å². The van der Waals surface area contributed by atoms with Crippen LogP contribution in [0.25, 0.3) is 0 Å². The summed E-state index contributed by atoms with van der Waals surface area (Å²) >= 11 is 11.9. The predicted molar refractivity (Wildman–Crippen MR) is 121 cm³/mol. The molecule has 0 saturated heterocycles. The first-order valence-electron chi connectivity index (χ1n) is 9.23. The van der Waals surface area contributed by atoms with Gasteiger partial charge in [-0.3, -0.25) is 9.59 Å². The van der Waals surface area contributed by atoms with Crippen LogP contribution >= 0.6 is 23.2 Å². The highest BCUT2D eigenvalue weighted by atomic mass is 35.5. The lowest BCUT2D eigenvalue weighted by molar-refractivity contribution is -0.122. The van der Waals surface area contributed by atoms with E-state index < -0.39 is 6.10 Å². The molecule has 0 saturated carbocycles. The molecule has 1 atom stereocenters. The van der Waals surface area contributed by atoms with Gasteiger partial charge in [0, 0.05) is 27.0 Å². The zero-order chi connectivity index (χ0) is 21.7. The molecule has 3 rings (SSSR count). The Morgan fingerprint density at radius 2 is 1.57 bits per heavy atom. The van der Waals surface area contributed by atoms with E-state index in [0.29, 0.717) is 32.7 Å². The van der Waals surface area contributed by atoms with Gasteiger partial charge in [-0.15, -0.1) is 0 Å². The Kier molecular flexibility index (Phi) is 6.98. The zero-order valence-corrected chi connectivity index (χ0v) is 17.9. The van der Waals surface area contributed by atoms with E-state index in [1.54, 1.807) is 73.7 Å². The number of carbonyl (C=O) groups is 2. The molecule has 30 heavy (non-hydrogen) atoms. The minimum atomic E-state index is -0.727. The van der Waals surface area contributed by atoms with Gasteiger partial charge in [0.15, 0.2) is 6.10 Å². The molecule has 0 fully saturated rings. The summed E-state index contributed by atoms with van der Waals surface area (Å²) in [7, 11) is 0. The first kappa shape index (κ1) is 21.7. The van der Waals surface area contributed by atoms with Crippen molar-refractivity contribution in [1.82, 2.24) is 0 Å². The van der Waals surface area contributed by atoms with E-state index in [4.69, 9.17) is 27.9 Å². The fourth-order valence-electron chi connectivity index (χ4n) is 2.66. The number of benzene rings is 3.